The summed E-state index contributed by atoms with van der Waals surface area (Å²) in [5.74, 6) is -1.83. The molecule has 0 aliphatic carbocycles. The van der Waals surface area contributed by atoms with E-state index < -0.39 is 47.5 Å². The van der Waals surface area contributed by atoms with Gasteiger partial charge in [0.1, 0.15) is 23.7 Å². The molecule has 2 aromatic rings. The fourth-order valence-electron chi connectivity index (χ4n) is 6.33. The molecule has 0 aromatic heterocycles. The van der Waals surface area contributed by atoms with Gasteiger partial charge in [0.05, 0.1) is 32.4 Å². The van der Waals surface area contributed by atoms with Crippen molar-refractivity contribution < 1.29 is 33.4 Å². The van der Waals surface area contributed by atoms with Gasteiger partial charge in [0.15, 0.2) is 5.78 Å². The molecule has 0 spiro atoms. The van der Waals surface area contributed by atoms with Gasteiger partial charge in [-0.15, -0.1) is 0 Å². The molecule has 12 heteroatoms. The maximum atomic E-state index is 14.1. The van der Waals surface area contributed by atoms with Crippen LogP contribution in [0, 0.1) is 11.8 Å². The number of hydrogen-bond donors (Lipinski definition) is 4. The second-order valence-electron chi connectivity index (χ2n) is 15.0. The third-order valence-corrected chi connectivity index (χ3v) is 9.38. The van der Waals surface area contributed by atoms with E-state index in [9.17, 15) is 24.0 Å². The molecule has 12 nitrogen and oxygen atoms in total. The van der Waals surface area contributed by atoms with E-state index in [0.29, 0.717) is 58.6 Å². The van der Waals surface area contributed by atoms with Gasteiger partial charge >= 0.3 is 0 Å². The molecule has 2 heterocycles. The zero-order valence-electron chi connectivity index (χ0n) is 31.3. The van der Waals surface area contributed by atoms with Crippen LogP contribution in [-0.2, 0) is 46.3 Å². The Bertz CT molecular complexity index is 1480. The van der Waals surface area contributed by atoms with Crippen molar-refractivity contribution >= 4 is 29.4 Å². The molecule has 2 fully saturated rings. The van der Waals surface area contributed by atoms with Crippen LogP contribution in [0.25, 0.3) is 0 Å². The standard InChI is InChI=1S/C40H57N5O7/c1-27(2)22-32(36(47)40(5)26-52-40)42-39(50)34(24-30-14-10-7-11-15-30)44-38(49)33(23-28(3)4)43-37(48)31(17-16-29-12-8-6-9-13-29)41-35(46)25-45-18-20-51-21-19-45/h6-15,27-28,31-34H,16-26H2,1-5H3,(H,41,46)(H,42,50)(H,43,48)(H,44,49)/t31?,32-,33-,34-,40+/m0/s1. The smallest absolute Gasteiger partial charge is 0.243 e. The highest BCUT2D eigenvalue weighted by atomic mass is 16.6. The highest BCUT2D eigenvalue weighted by Crippen LogP contribution is 2.29. The molecular weight excluding hydrogens is 662 g/mol. The van der Waals surface area contributed by atoms with Gasteiger partial charge in [-0.1, -0.05) is 88.4 Å². The Kier molecular flexibility index (Phi) is 15.3. The number of carbonyl (C=O) groups excluding carboxylic acids is 5. The molecule has 0 bridgehead atoms. The monoisotopic (exact) mass is 719 g/mol. The molecule has 1 unspecified atom stereocenters. The Morgan fingerprint density at radius 2 is 1.19 bits per heavy atom. The molecule has 0 radical (unpaired) electrons. The fraction of sp³-hybridized carbons (Fsp3) is 0.575. The lowest BCUT2D eigenvalue weighted by atomic mass is 9.93. The molecule has 284 valence electrons. The number of rotatable bonds is 20. The minimum atomic E-state index is -1.03. The van der Waals surface area contributed by atoms with Crippen LogP contribution in [0.5, 0.6) is 0 Å². The molecule has 4 amide bonds. The molecule has 4 N–H and O–H groups in total. The van der Waals surface area contributed by atoms with E-state index in [4.69, 9.17) is 9.47 Å². The fourth-order valence-corrected chi connectivity index (χ4v) is 6.33. The minimum Gasteiger partial charge on any atom is -0.379 e. The zero-order chi connectivity index (χ0) is 37.7. The maximum Gasteiger partial charge on any atom is 0.243 e. The van der Waals surface area contributed by atoms with Crippen molar-refractivity contribution in [2.45, 2.75) is 96.5 Å². The first-order valence-electron chi connectivity index (χ1n) is 18.6. The molecule has 5 atom stereocenters. The van der Waals surface area contributed by atoms with Crippen molar-refractivity contribution in [3.05, 3.63) is 71.8 Å². The molecule has 2 aromatic carbocycles. The summed E-state index contributed by atoms with van der Waals surface area (Å²) in [6.45, 7) is 12.3. The van der Waals surface area contributed by atoms with E-state index >= 15 is 0 Å². The summed E-state index contributed by atoms with van der Waals surface area (Å²) in [4.78, 5) is 70.5. The number of hydrogen-bond acceptors (Lipinski definition) is 8. The highest BCUT2D eigenvalue weighted by molar-refractivity contribution is 5.98. The average Bonchev–Trinajstić information content (AvgIpc) is 3.87. The second-order valence-corrected chi connectivity index (χ2v) is 15.0. The number of ketones is 1. The summed E-state index contributed by atoms with van der Waals surface area (Å²) in [7, 11) is 0. The average molecular weight is 720 g/mol. The molecule has 2 saturated heterocycles. The largest absolute Gasteiger partial charge is 0.379 e. The van der Waals surface area contributed by atoms with Crippen molar-refractivity contribution in [1.82, 2.24) is 26.2 Å². The van der Waals surface area contributed by atoms with E-state index in [1.807, 2.05) is 93.3 Å². The highest BCUT2D eigenvalue weighted by Gasteiger charge is 2.50. The van der Waals surface area contributed by atoms with Gasteiger partial charge in [0.2, 0.25) is 23.6 Å². The van der Waals surface area contributed by atoms with Gasteiger partial charge in [0.25, 0.3) is 0 Å². The lowest BCUT2D eigenvalue weighted by Gasteiger charge is -2.29. The number of nitrogens with zero attached hydrogens (tertiary/aromatic N) is 1. The number of morpholine rings is 1. The van der Waals surface area contributed by atoms with E-state index in [-0.39, 0.29) is 36.5 Å². The van der Waals surface area contributed by atoms with Crippen molar-refractivity contribution in [3.8, 4) is 0 Å². The summed E-state index contributed by atoms with van der Waals surface area (Å²) in [5.41, 5.74) is 0.915. The number of benzene rings is 2. The maximum absolute atomic E-state index is 14.1. The van der Waals surface area contributed by atoms with Crippen LogP contribution in [0.1, 0.15) is 65.0 Å². The first-order chi connectivity index (χ1) is 24.8. The summed E-state index contributed by atoms with van der Waals surface area (Å²) in [6.07, 6.45) is 1.76. The summed E-state index contributed by atoms with van der Waals surface area (Å²) >= 11 is 0. The van der Waals surface area contributed by atoms with Gasteiger partial charge in [-0.05, 0) is 55.6 Å². The topological polar surface area (TPSA) is 158 Å². The van der Waals surface area contributed by atoms with Gasteiger partial charge in [-0.2, -0.15) is 0 Å². The van der Waals surface area contributed by atoms with Crippen LogP contribution in [0.15, 0.2) is 60.7 Å². The Morgan fingerprint density at radius 3 is 1.77 bits per heavy atom. The van der Waals surface area contributed by atoms with E-state index in [1.165, 1.54) is 0 Å². The Balaban J connectivity index is 1.51. The van der Waals surface area contributed by atoms with Crippen LogP contribution in [0.2, 0.25) is 0 Å². The first kappa shape index (κ1) is 40.6. The molecular formula is C40H57N5O7. The lowest BCUT2D eigenvalue weighted by molar-refractivity contribution is -0.135. The molecule has 2 aliphatic rings. The number of nitrogens with one attached hydrogen (secondary N) is 4. The summed E-state index contributed by atoms with van der Waals surface area (Å²) in [5, 5.41) is 11.7. The number of amides is 4. The molecule has 0 saturated carbocycles. The second kappa shape index (κ2) is 19.6. The predicted molar refractivity (Wildman–Crippen MR) is 198 cm³/mol. The van der Waals surface area contributed by atoms with Crippen LogP contribution in [0.4, 0.5) is 0 Å². The lowest BCUT2D eigenvalue weighted by Crippen LogP contribution is -2.59. The van der Waals surface area contributed by atoms with Crippen LogP contribution in [-0.4, -0.2) is 104 Å². The van der Waals surface area contributed by atoms with Crippen molar-refractivity contribution in [3.63, 3.8) is 0 Å². The molecule has 52 heavy (non-hydrogen) atoms. The predicted octanol–water partition coefficient (Wildman–Crippen LogP) is 2.58. The molecule has 2 aliphatic heterocycles. The first-order valence-corrected chi connectivity index (χ1v) is 18.6. The number of Topliss-reactive ketones (excluding diaryl/α,β-unsaturated/α-hetero) is 1. The zero-order valence-corrected chi connectivity index (χ0v) is 31.3. The van der Waals surface area contributed by atoms with E-state index in [2.05, 4.69) is 21.3 Å². The Labute approximate surface area is 308 Å². The van der Waals surface area contributed by atoms with Crippen LogP contribution < -0.4 is 21.3 Å². The number of epoxide rings is 1. The van der Waals surface area contributed by atoms with Gasteiger partial charge in [0, 0.05) is 19.5 Å². The SMILES string of the molecule is CC(C)C[C@H](NC(=O)C(CCc1ccccc1)NC(=O)CN1CCOCC1)C(=O)N[C@@H](Cc1ccccc1)C(=O)N[C@@H](CC(C)C)C(=O)[C@@]1(C)CO1. The van der Waals surface area contributed by atoms with Gasteiger partial charge in [-0.3, -0.25) is 28.9 Å². The molecule has 4 rings (SSSR count). The Morgan fingerprint density at radius 1 is 0.692 bits per heavy atom. The minimum absolute atomic E-state index is 0.0171. The normalized spacial score (nSPS) is 19.6. The van der Waals surface area contributed by atoms with Crippen LogP contribution >= 0.6 is 0 Å². The van der Waals surface area contributed by atoms with Gasteiger partial charge in [-0.25, -0.2) is 0 Å². The van der Waals surface area contributed by atoms with Crippen LogP contribution in [0.3, 0.4) is 0 Å². The Hall–Kier alpha value is -4.13. The van der Waals surface area contributed by atoms with Crippen molar-refractivity contribution in [1.29, 1.82) is 0 Å². The number of aryl methyl sites for hydroxylation is 1. The number of ether oxygens (including phenoxy) is 2. The quantitative estimate of drug-likeness (QED) is 0.152. The summed E-state index contributed by atoms with van der Waals surface area (Å²) < 4.78 is 10.8. The third-order valence-electron chi connectivity index (χ3n) is 9.38. The van der Waals surface area contributed by atoms with Crippen molar-refractivity contribution in [2.24, 2.45) is 11.8 Å². The number of carbonyl (C=O) groups is 5. The van der Waals surface area contributed by atoms with E-state index in [0.717, 1.165) is 11.1 Å². The third kappa shape index (κ3) is 13.1. The van der Waals surface area contributed by atoms with Gasteiger partial charge < -0.3 is 30.7 Å². The summed E-state index contributed by atoms with van der Waals surface area (Å²) in [6, 6.07) is 15.3. The van der Waals surface area contributed by atoms with Crippen molar-refractivity contribution in [2.75, 3.05) is 39.5 Å². The van der Waals surface area contributed by atoms with E-state index in [1.54, 1.807) is 6.92 Å².